The molecule has 7 heteroatoms. The van der Waals surface area contributed by atoms with Gasteiger partial charge >= 0.3 is 5.97 Å². The predicted octanol–water partition coefficient (Wildman–Crippen LogP) is 2.54. The highest BCUT2D eigenvalue weighted by Crippen LogP contribution is 2.24. The average molecular weight is 330 g/mol. The summed E-state index contributed by atoms with van der Waals surface area (Å²) in [6, 6.07) is 3.19. The lowest BCUT2D eigenvalue weighted by atomic mass is 9.98. The van der Waals surface area contributed by atoms with Crippen molar-refractivity contribution in [2.24, 2.45) is 5.92 Å². The zero-order valence-electron chi connectivity index (χ0n) is 11.9. The molecule has 1 aliphatic heterocycles. The maximum atomic E-state index is 13.6. The largest absolute Gasteiger partial charge is 0.481 e. The van der Waals surface area contributed by atoms with Crippen LogP contribution in [0.5, 0.6) is 0 Å². The van der Waals surface area contributed by atoms with Crippen molar-refractivity contribution in [2.75, 3.05) is 13.2 Å². The highest BCUT2D eigenvalue weighted by molar-refractivity contribution is 6.30. The van der Waals surface area contributed by atoms with Crippen LogP contribution >= 0.6 is 11.6 Å². The molecule has 0 radical (unpaired) electrons. The van der Waals surface area contributed by atoms with Crippen molar-refractivity contribution >= 4 is 23.5 Å². The van der Waals surface area contributed by atoms with Crippen LogP contribution in [0.4, 0.5) is 4.39 Å². The Bertz CT molecular complexity index is 560. The fourth-order valence-electron chi connectivity index (χ4n) is 2.39. The van der Waals surface area contributed by atoms with Gasteiger partial charge in [0, 0.05) is 6.61 Å². The van der Waals surface area contributed by atoms with Crippen LogP contribution in [-0.4, -0.2) is 30.2 Å². The van der Waals surface area contributed by atoms with Gasteiger partial charge in [0.05, 0.1) is 30.0 Å². The van der Waals surface area contributed by atoms with Crippen LogP contribution in [0.15, 0.2) is 18.2 Å². The highest BCUT2D eigenvalue weighted by atomic mass is 35.5. The molecule has 5 nitrogen and oxygen atoms in total. The first kappa shape index (κ1) is 16.7. The molecule has 1 fully saturated rings. The van der Waals surface area contributed by atoms with E-state index in [1.807, 2.05) is 0 Å². The standard InChI is InChI=1S/C15H17ClFNO4/c16-11-4-3-9(6-12(11)17)13(7-14(19)20)18-15(21)10-2-1-5-22-8-10/h3-4,6,10,13H,1-2,5,7-8H2,(H,18,21)(H,19,20)/t10-,13-/m0/s1. The monoisotopic (exact) mass is 329 g/mol. The first-order valence-corrected chi connectivity index (χ1v) is 7.40. The first-order valence-electron chi connectivity index (χ1n) is 7.02. The lowest BCUT2D eigenvalue weighted by Gasteiger charge is -2.24. The van der Waals surface area contributed by atoms with Gasteiger partial charge in [0.1, 0.15) is 5.82 Å². The van der Waals surface area contributed by atoms with Crippen molar-refractivity contribution in [3.63, 3.8) is 0 Å². The molecule has 1 heterocycles. The van der Waals surface area contributed by atoms with Crippen molar-refractivity contribution < 1.29 is 23.8 Å². The zero-order chi connectivity index (χ0) is 16.1. The lowest BCUT2D eigenvalue weighted by Crippen LogP contribution is -2.38. The molecular formula is C15H17ClFNO4. The van der Waals surface area contributed by atoms with Crippen LogP contribution in [0.25, 0.3) is 0 Å². The highest BCUT2D eigenvalue weighted by Gasteiger charge is 2.26. The molecule has 22 heavy (non-hydrogen) atoms. The maximum Gasteiger partial charge on any atom is 0.305 e. The smallest absolute Gasteiger partial charge is 0.305 e. The third-order valence-electron chi connectivity index (χ3n) is 3.57. The number of carboxylic acids is 1. The summed E-state index contributed by atoms with van der Waals surface area (Å²) in [5, 5.41) is 11.6. The van der Waals surface area contributed by atoms with Crippen LogP contribution < -0.4 is 5.32 Å². The summed E-state index contributed by atoms with van der Waals surface area (Å²) in [6.45, 7) is 0.950. The Morgan fingerprint density at radius 3 is 2.86 bits per heavy atom. The number of hydrogen-bond donors (Lipinski definition) is 2. The number of halogens is 2. The SMILES string of the molecule is O=C(O)C[C@H](NC(=O)[C@H]1CCCOC1)c1ccc(Cl)c(F)c1. The van der Waals surface area contributed by atoms with Crippen LogP contribution in [0, 0.1) is 11.7 Å². The summed E-state index contributed by atoms with van der Waals surface area (Å²) in [5.41, 5.74) is 0.370. The summed E-state index contributed by atoms with van der Waals surface area (Å²) in [5.74, 6) is -2.31. The van der Waals surface area contributed by atoms with Crippen molar-refractivity contribution in [3.05, 3.63) is 34.6 Å². The third-order valence-corrected chi connectivity index (χ3v) is 3.88. The molecule has 2 atom stereocenters. The number of benzene rings is 1. The molecule has 1 saturated heterocycles. The predicted molar refractivity (Wildman–Crippen MR) is 78.1 cm³/mol. The number of rotatable bonds is 5. The minimum absolute atomic E-state index is 0.0511. The summed E-state index contributed by atoms with van der Waals surface area (Å²) in [7, 11) is 0. The van der Waals surface area contributed by atoms with Crippen molar-refractivity contribution in [3.8, 4) is 0 Å². The second-order valence-corrected chi connectivity index (χ2v) is 5.65. The first-order chi connectivity index (χ1) is 10.5. The summed E-state index contributed by atoms with van der Waals surface area (Å²) in [6.07, 6.45) is 1.15. The molecule has 0 aliphatic carbocycles. The quantitative estimate of drug-likeness (QED) is 0.870. The molecule has 2 N–H and O–H groups in total. The van der Waals surface area contributed by atoms with E-state index in [0.29, 0.717) is 25.2 Å². The van der Waals surface area contributed by atoms with Gasteiger partial charge < -0.3 is 15.2 Å². The van der Waals surface area contributed by atoms with Gasteiger partial charge in [0.15, 0.2) is 0 Å². The summed E-state index contributed by atoms with van der Waals surface area (Å²) < 4.78 is 18.8. The van der Waals surface area contributed by atoms with E-state index in [2.05, 4.69) is 5.32 Å². The molecule has 0 aromatic heterocycles. The lowest BCUT2D eigenvalue weighted by molar-refractivity contribution is -0.138. The molecule has 0 saturated carbocycles. The fraction of sp³-hybridized carbons (Fsp3) is 0.467. The Kier molecular flexibility index (Phi) is 5.74. The second kappa shape index (κ2) is 7.56. The van der Waals surface area contributed by atoms with Gasteiger partial charge in [-0.2, -0.15) is 0 Å². The minimum Gasteiger partial charge on any atom is -0.481 e. The molecule has 0 bridgehead atoms. The van der Waals surface area contributed by atoms with Crippen LogP contribution in [-0.2, 0) is 14.3 Å². The van der Waals surface area contributed by atoms with E-state index in [1.54, 1.807) is 0 Å². The number of amides is 1. The normalized spacial score (nSPS) is 19.5. The van der Waals surface area contributed by atoms with E-state index in [-0.39, 0.29) is 23.3 Å². The minimum atomic E-state index is -1.08. The Morgan fingerprint density at radius 1 is 1.50 bits per heavy atom. The number of carbonyl (C=O) groups excluding carboxylic acids is 1. The van der Waals surface area contributed by atoms with Gasteiger partial charge in [0.2, 0.25) is 5.91 Å². The average Bonchev–Trinajstić information content (AvgIpc) is 2.49. The summed E-state index contributed by atoms with van der Waals surface area (Å²) in [4.78, 5) is 23.2. The number of hydrogen-bond acceptors (Lipinski definition) is 3. The number of nitrogens with one attached hydrogen (secondary N) is 1. The van der Waals surface area contributed by atoms with Crippen LogP contribution in [0.2, 0.25) is 5.02 Å². The van der Waals surface area contributed by atoms with Crippen LogP contribution in [0.3, 0.4) is 0 Å². The number of aliphatic carboxylic acids is 1. The topological polar surface area (TPSA) is 75.6 Å². The number of ether oxygens (including phenoxy) is 1. The van der Waals surface area contributed by atoms with Gasteiger partial charge in [-0.25, -0.2) is 4.39 Å². The van der Waals surface area contributed by atoms with E-state index in [1.165, 1.54) is 12.1 Å². The van der Waals surface area contributed by atoms with Crippen molar-refractivity contribution in [1.82, 2.24) is 5.32 Å². The van der Waals surface area contributed by atoms with Gasteiger partial charge in [0.25, 0.3) is 0 Å². The fourth-order valence-corrected chi connectivity index (χ4v) is 2.51. The summed E-state index contributed by atoms with van der Waals surface area (Å²) >= 11 is 5.62. The molecule has 1 aromatic carbocycles. The van der Waals surface area contributed by atoms with E-state index >= 15 is 0 Å². The van der Waals surface area contributed by atoms with Gasteiger partial charge in [-0.3, -0.25) is 9.59 Å². The van der Waals surface area contributed by atoms with Gasteiger partial charge in [-0.15, -0.1) is 0 Å². The molecule has 120 valence electrons. The van der Waals surface area contributed by atoms with E-state index in [0.717, 1.165) is 12.5 Å². The Balaban J connectivity index is 2.12. The van der Waals surface area contributed by atoms with Crippen LogP contribution in [0.1, 0.15) is 30.9 Å². The molecule has 1 amide bonds. The zero-order valence-corrected chi connectivity index (χ0v) is 12.6. The molecule has 0 spiro atoms. The third kappa shape index (κ3) is 4.42. The molecule has 1 aliphatic rings. The van der Waals surface area contributed by atoms with E-state index in [9.17, 15) is 14.0 Å². The van der Waals surface area contributed by atoms with E-state index < -0.39 is 17.8 Å². The molecular weight excluding hydrogens is 313 g/mol. The Labute approximate surface area is 132 Å². The van der Waals surface area contributed by atoms with Gasteiger partial charge in [-0.1, -0.05) is 17.7 Å². The molecule has 0 unspecified atom stereocenters. The van der Waals surface area contributed by atoms with E-state index in [4.69, 9.17) is 21.4 Å². The molecule has 2 rings (SSSR count). The van der Waals surface area contributed by atoms with Crippen molar-refractivity contribution in [1.29, 1.82) is 0 Å². The number of carboxylic acid groups (broad SMARTS) is 1. The van der Waals surface area contributed by atoms with Crippen molar-refractivity contribution in [2.45, 2.75) is 25.3 Å². The number of carbonyl (C=O) groups is 2. The molecule has 1 aromatic rings. The second-order valence-electron chi connectivity index (χ2n) is 5.25. The van der Waals surface area contributed by atoms with Gasteiger partial charge in [-0.05, 0) is 30.5 Å². The Hall–Kier alpha value is -1.66. The maximum absolute atomic E-state index is 13.6. The Morgan fingerprint density at radius 2 is 2.27 bits per heavy atom.